The number of ether oxygens (including phenoxy) is 2. The third-order valence-electron chi connectivity index (χ3n) is 5.82. The molecule has 2 aromatic rings. The Kier molecular flexibility index (Phi) is 6.87. The first-order chi connectivity index (χ1) is 15.5. The topological polar surface area (TPSA) is 83.1 Å². The number of carbonyl (C=O) groups is 2. The molecule has 0 spiro atoms. The Balaban J connectivity index is 1.40. The van der Waals surface area contributed by atoms with E-state index in [1.807, 2.05) is 18.2 Å². The highest BCUT2D eigenvalue weighted by molar-refractivity contribution is 6.35. The van der Waals surface area contributed by atoms with Crippen LogP contribution in [0.4, 0.5) is 4.39 Å². The molecular formula is C23H27FN4O4. The molecule has 2 amide bonds. The Morgan fingerprint density at radius 3 is 2.50 bits per heavy atom. The fraction of sp³-hybridized carbons (Fsp3) is 0.391. The molecule has 2 aliphatic heterocycles. The zero-order chi connectivity index (χ0) is 22.5. The molecule has 0 bridgehead atoms. The van der Waals surface area contributed by atoms with Gasteiger partial charge in [0.15, 0.2) is 11.5 Å². The standard InChI is InChI=1S/C23H27FN4O4/c1-27-8-10-28(11-9-27)19(16-6-7-20-21(12-16)32-15-31-20)14-26-23(30)22(29)25-13-17-4-2-3-5-18(17)24/h2-7,12,19H,8-11,13-15H2,1H3,(H,25,29)(H,26,30). The van der Waals surface area contributed by atoms with Crippen LogP contribution in [0.2, 0.25) is 0 Å². The molecule has 2 aliphatic rings. The monoisotopic (exact) mass is 442 g/mol. The zero-order valence-electron chi connectivity index (χ0n) is 18.0. The molecule has 1 fully saturated rings. The average Bonchev–Trinajstić information content (AvgIpc) is 3.27. The van der Waals surface area contributed by atoms with Gasteiger partial charge in [-0.25, -0.2) is 4.39 Å². The Labute approximate surface area is 186 Å². The van der Waals surface area contributed by atoms with E-state index in [0.717, 1.165) is 31.7 Å². The summed E-state index contributed by atoms with van der Waals surface area (Å²) in [6.45, 7) is 3.90. The number of amides is 2. The van der Waals surface area contributed by atoms with Crippen molar-refractivity contribution in [1.82, 2.24) is 20.4 Å². The number of benzene rings is 2. The van der Waals surface area contributed by atoms with E-state index in [2.05, 4.69) is 27.5 Å². The van der Waals surface area contributed by atoms with Crippen LogP contribution in [0, 0.1) is 5.82 Å². The van der Waals surface area contributed by atoms with Gasteiger partial charge in [-0.3, -0.25) is 14.5 Å². The third-order valence-corrected chi connectivity index (χ3v) is 5.82. The molecule has 0 saturated carbocycles. The summed E-state index contributed by atoms with van der Waals surface area (Å²) in [6.07, 6.45) is 0. The minimum Gasteiger partial charge on any atom is -0.454 e. The second-order valence-electron chi connectivity index (χ2n) is 7.95. The number of likely N-dealkylation sites (N-methyl/N-ethyl adjacent to an activating group) is 1. The van der Waals surface area contributed by atoms with Crippen molar-refractivity contribution in [3.63, 3.8) is 0 Å². The van der Waals surface area contributed by atoms with E-state index in [1.165, 1.54) is 6.07 Å². The van der Waals surface area contributed by atoms with Crippen LogP contribution in [0.25, 0.3) is 0 Å². The van der Waals surface area contributed by atoms with Crippen LogP contribution in [-0.4, -0.2) is 68.2 Å². The number of rotatable bonds is 6. The van der Waals surface area contributed by atoms with Gasteiger partial charge in [-0.05, 0) is 30.8 Å². The molecule has 0 aromatic heterocycles. The summed E-state index contributed by atoms with van der Waals surface area (Å²) in [5, 5.41) is 5.21. The molecule has 2 N–H and O–H groups in total. The van der Waals surface area contributed by atoms with Crippen molar-refractivity contribution in [3.05, 3.63) is 59.4 Å². The third kappa shape index (κ3) is 5.17. The van der Waals surface area contributed by atoms with Crippen LogP contribution in [-0.2, 0) is 16.1 Å². The summed E-state index contributed by atoms with van der Waals surface area (Å²) in [4.78, 5) is 29.2. The molecule has 0 aliphatic carbocycles. The highest BCUT2D eigenvalue weighted by atomic mass is 19.1. The lowest BCUT2D eigenvalue weighted by atomic mass is 10.0. The summed E-state index contributed by atoms with van der Waals surface area (Å²) in [6, 6.07) is 11.8. The number of hydrogen-bond donors (Lipinski definition) is 2. The zero-order valence-corrected chi connectivity index (χ0v) is 18.0. The van der Waals surface area contributed by atoms with Gasteiger partial charge >= 0.3 is 11.8 Å². The van der Waals surface area contributed by atoms with Gasteiger partial charge in [-0.2, -0.15) is 0 Å². The molecule has 2 heterocycles. The number of nitrogens with one attached hydrogen (secondary N) is 2. The number of nitrogens with zero attached hydrogens (tertiary/aromatic N) is 2. The molecule has 32 heavy (non-hydrogen) atoms. The maximum Gasteiger partial charge on any atom is 0.309 e. The lowest BCUT2D eigenvalue weighted by molar-refractivity contribution is -0.139. The van der Waals surface area contributed by atoms with Crippen molar-refractivity contribution in [2.75, 3.05) is 46.6 Å². The highest BCUT2D eigenvalue weighted by Crippen LogP contribution is 2.35. The predicted octanol–water partition coefficient (Wildman–Crippen LogP) is 1.28. The van der Waals surface area contributed by atoms with Gasteiger partial charge in [-0.15, -0.1) is 0 Å². The molecule has 1 unspecified atom stereocenters. The Morgan fingerprint density at radius 2 is 1.72 bits per heavy atom. The quantitative estimate of drug-likeness (QED) is 0.656. The summed E-state index contributed by atoms with van der Waals surface area (Å²) in [5.74, 6) is -0.596. The van der Waals surface area contributed by atoms with Crippen molar-refractivity contribution >= 4 is 11.8 Å². The Hall–Kier alpha value is -3.17. The van der Waals surface area contributed by atoms with Crippen molar-refractivity contribution in [3.8, 4) is 11.5 Å². The van der Waals surface area contributed by atoms with E-state index in [4.69, 9.17) is 9.47 Å². The van der Waals surface area contributed by atoms with Crippen molar-refractivity contribution < 1.29 is 23.5 Å². The Morgan fingerprint density at radius 1 is 1.00 bits per heavy atom. The van der Waals surface area contributed by atoms with E-state index in [1.54, 1.807) is 18.2 Å². The molecule has 1 saturated heterocycles. The van der Waals surface area contributed by atoms with Gasteiger partial charge in [0, 0.05) is 44.8 Å². The van der Waals surface area contributed by atoms with E-state index < -0.39 is 17.6 Å². The van der Waals surface area contributed by atoms with Crippen LogP contribution in [0.3, 0.4) is 0 Å². The predicted molar refractivity (Wildman–Crippen MR) is 116 cm³/mol. The average molecular weight is 442 g/mol. The van der Waals surface area contributed by atoms with Crippen LogP contribution < -0.4 is 20.1 Å². The molecule has 8 nitrogen and oxygen atoms in total. The first-order valence-corrected chi connectivity index (χ1v) is 10.6. The SMILES string of the molecule is CN1CCN(C(CNC(=O)C(=O)NCc2ccccc2F)c2ccc3c(c2)OCO3)CC1. The van der Waals surface area contributed by atoms with Gasteiger partial charge in [0.25, 0.3) is 0 Å². The van der Waals surface area contributed by atoms with Crippen molar-refractivity contribution in [2.45, 2.75) is 12.6 Å². The van der Waals surface area contributed by atoms with Gasteiger partial charge < -0.3 is 25.0 Å². The minimum absolute atomic E-state index is 0.0526. The van der Waals surface area contributed by atoms with Crippen molar-refractivity contribution in [1.29, 1.82) is 0 Å². The van der Waals surface area contributed by atoms with Crippen molar-refractivity contribution in [2.24, 2.45) is 0 Å². The number of hydrogen-bond acceptors (Lipinski definition) is 6. The van der Waals surface area contributed by atoms with Gasteiger partial charge in [-0.1, -0.05) is 24.3 Å². The van der Waals surface area contributed by atoms with E-state index in [9.17, 15) is 14.0 Å². The van der Waals surface area contributed by atoms with Crippen LogP contribution >= 0.6 is 0 Å². The molecule has 4 rings (SSSR count). The summed E-state index contributed by atoms with van der Waals surface area (Å²) in [7, 11) is 2.08. The van der Waals surface area contributed by atoms with E-state index in [0.29, 0.717) is 17.1 Å². The van der Waals surface area contributed by atoms with Crippen LogP contribution in [0.1, 0.15) is 17.2 Å². The van der Waals surface area contributed by atoms with Crippen LogP contribution in [0.5, 0.6) is 11.5 Å². The Bertz CT molecular complexity index is 978. The second-order valence-corrected chi connectivity index (χ2v) is 7.95. The number of carbonyl (C=O) groups excluding carboxylic acids is 2. The van der Waals surface area contributed by atoms with Gasteiger partial charge in [0.1, 0.15) is 5.82 Å². The van der Waals surface area contributed by atoms with Crippen LogP contribution in [0.15, 0.2) is 42.5 Å². The summed E-state index contributed by atoms with van der Waals surface area (Å²) in [5.41, 5.74) is 1.30. The fourth-order valence-electron chi connectivity index (χ4n) is 3.88. The minimum atomic E-state index is -0.795. The maximum atomic E-state index is 13.7. The number of fused-ring (bicyclic) bond motifs is 1. The number of piperazine rings is 1. The summed E-state index contributed by atoms with van der Waals surface area (Å²) >= 11 is 0. The maximum absolute atomic E-state index is 13.7. The molecular weight excluding hydrogens is 415 g/mol. The lowest BCUT2D eigenvalue weighted by Gasteiger charge is -2.38. The first-order valence-electron chi connectivity index (χ1n) is 10.6. The molecule has 2 aromatic carbocycles. The highest BCUT2D eigenvalue weighted by Gasteiger charge is 2.27. The molecule has 1 atom stereocenters. The van der Waals surface area contributed by atoms with E-state index in [-0.39, 0.29) is 25.9 Å². The van der Waals surface area contributed by atoms with Gasteiger partial charge in [0.2, 0.25) is 6.79 Å². The van der Waals surface area contributed by atoms with Gasteiger partial charge in [0.05, 0.1) is 6.04 Å². The molecule has 0 radical (unpaired) electrons. The first kappa shape index (κ1) is 22.0. The smallest absolute Gasteiger partial charge is 0.309 e. The van der Waals surface area contributed by atoms with E-state index >= 15 is 0 Å². The normalized spacial score (nSPS) is 17.1. The lowest BCUT2D eigenvalue weighted by Crippen LogP contribution is -2.49. The second kappa shape index (κ2) is 9.97. The molecule has 9 heteroatoms. The largest absolute Gasteiger partial charge is 0.454 e. The molecule has 170 valence electrons. The fourth-order valence-corrected chi connectivity index (χ4v) is 3.88. The summed E-state index contributed by atoms with van der Waals surface area (Å²) < 4.78 is 24.6. The number of halogens is 1.